The van der Waals surface area contributed by atoms with Crippen molar-refractivity contribution in [3.05, 3.63) is 34.9 Å². The van der Waals surface area contributed by atoms with E-state index in [0.717, 1.165) is 5.56 Å². The van der Waals surface area contributed by atoms with Crippen LogP contribution in [0.5, 0.6) is 0 Å². The fraction of sp³-hybridized carbons (Fsp3) is 0.591. The summed E-state index contributed by atoms with van der Waals surface area (Å²) in [7, 11) is 0. The van der Waals surface area contributed by atoms with E-state index in [1.165, 1.54) is 4.90 Å². The summed E-state index contributed by atoms with van der Waals surface area (Å²) in [6.07, 6.45) is -0.592. The molecule has 0 radical (unpaired) electrons. The summed E-state index contributed by atoms with van der Waals surface area (Å²) in [5.41, 5.74) is 0.993. The average molecular weight is 470 g/mol. The zero-order valence-electron chi connectivity index (χ0n) is 17.5. The Kier molecular flexibility index (Phi) is 6.29. The number of carbonyl (C=O) groups excluding carboxylic acids is 2. The van der Waals surface area contributed by atoms with Crippen molar-refractivity contribution in [2.45, 2.75) is 31.1 Å². The van der Waals surface area contributed by atoms with Crippen LogP contribution in [-0.4, -0.2) is 71.5 Å². The number of carbonyl (C=O) groups is 3. The molecule has 2 aliphatic heterocycles. The highest BCUT2D eigenvalue weighted by Gasteiger charge is 2.62. The van der Waals surface area contributed by atoms with Gasteiger partial charge in [-0.3, -0.25) is 9.59 Å². The van der Waals surface area contributed by atoms with Crippen molar-refractivity contribution in [1.82, 2.24) is 15.1 Å². The lowest BCUT2D eigenvalue weighted by molar-refractivity contribution is -0.141. The van der Waals surface area contributed by atoms with Crippen LogP contribution >= 0.6 is 11.6 Å². The molecule has 1 unspecified atom stereocenters. The van der Waals surface area contributed by atoms with Gasteiger partial charge in [0.25, 0.3) is 5.92 Å². The molecule has 3 amide bonds. The van der Waals surface area contributed by atoms with Gasteiger partial charge in [0.2, 0.25) is 11.8 Å². The minimum absolute atomic E-state index is 0.0226. The topological polar surface area (TPSA) is 89.9 Å². The molecular formula is C22H26ClF2N3O4. The second-order valence-electron chi connectivity index (χ2n) is 8.96. The van der Waals surface area contributed by atoms with Gasteiger partial charge in [-0.25, -0.2) is 13.6 Å². The monoisotopic (exact) mass is 469 g/mol. The Morgan fingerprint density at radius 1 is 1.06 bits per heavy atom. The SMILES string of the molecule is O=C(O)NC[C@H]1CN(C(=O)C2CCN(C(=O)C3CC3(F)F)CC2)C[C@H]1c1ccc(Cl)cc1. The molecular weight excluding hydrogens is 444 g/mol. The van der Waals surface area contributed by atoms with E-state index >= 15 is 0 Å². The normalized spacial score (nSPS) is 27.3. The average Bonchev–Trinajstić information content (AvgIpc) is 3.20. The molecule has 2 heterocycles. The Hall–Kier alpha value is -2.42. The predicted molar refractivity (Wildman–Crippen MR) is 113 cm³/mol. The number of nitrogens with one attached hydrogen (secondary N) is 1. The highest BCUT2D eigenvalue weighted by Crippen LogP contribution is 2.49. The summed E-state index contributed by atoms with van der Waals surface area (Å²) in [4.78, 5) is 39.6. The summed E-state index contributed by atoms with van der Waals surface area (Å²) >= 11 is 5.99. The number of hydrogen-bond donors (Lipinski definition) is 2. The van der Waals surface area contributed by atoms with E-state index in [1.807, 2.05) is 12.1 Å². The van der Waals surface area contributed by atoms with Gasteiger partial charge in [-0.15, -0.1) is 0 Å². The first-order valence-electron chi connectivity index (χ1n) is 10.8. The molecule has 1 aliphatic carbocycles. The van der Waals surface area contributed by atoms with Crippen molar-refractivity contribution in [1.29, 1.82) is 0 Å². The fourth-order valence-corrected chi connectivity index (χ4v) is 5.00. The molecule has 1 aromatic carbocycles. The van der Waals surface area contributed by atoms with Crippen LogP contribution in [0.4, 0.5) is 13.6 Å². The lowest BCUT2D eigenvalue weighted by Gasteiger charge is -2.33. The number of nitrogens with zero attached hydrogens (tertiary/aromatic N) is 2. The van der Waals surface area contributed by atoms with Crippen LogP contribution in [0.25, 0.3) is 0 Å². The number of halogens is 3. The van der Waals surface area contributed by atoms with Gasteiger partial charge in [-0.2, -0.15) is 0 Å². The van der Waals surface area contributed by atoms with Crippen LogP contribution in [0, 0.1) is 17.8 Å². The second-order valence-corrected chi connectivity index (χ2v) is 9.40. The Morgan fingerprint density at radius 3 is 2.25 bits per heavy atom. The maximum absolute atomic E-state index is 13.2. The molecule has 10 heteroatoms. The third-order valence-electron chi connectivity index (χ3n) is 6.85. The molecule has 7 nitrogen and oxygen atoms in total. The first kappa shape index (κ1) is 22.8. The van der Waals surface area contributed by atoms with Gasteiger partial charge in [-0.1, -0.05) is 23.7 Å². The number of amides is 3. The second kappa shape index (κ2) is 8.84. The van der Waals surface area contributed by atoms with Crippen molar-refractivity contribution in [3.63, 3.8) is 0 Å². The number of likely N-dealkylation sites (tertiary alicyclic amines) is 2. The lowest BCUT2D eigenvalue weighted by Crippen LogP contribution is -2.45. The molecule has 0 aromatic heterocycles. The molecule has 1 saturated carbocycles. The summed E-state index contributed by atoms with van der Waals surface area (Å²) in [5, 5.41) is 12.0. The molecule has 3 atom stereocenters. The van der Waals surface area contributed by atoms with Crippen molar-refractivity contribution in [2.24, 2.45) is 17.8 Å². The highest BCUT2D eigenvalue weighted by atomic mass is 35.5. The number of hydrogen-bond acceptors (Lipinski definition) is 3. The molecule has 3 aliphatic rings. The molecule has 3 fully saturated rings. The molecule has 1 aromatic rings. The van der Waals surface area contributed by atoms with E-state index in [1.54, 1.807) is 17.0 Å². The molecule has 0 spiro atoms. The van der Waals surface area contributed by atoms with Gasteiger partial charge in [0.15, 0.2) is 0 Å². The minimum atomic E-state index is -2.88. The number of rotatable bonds is 5. The lowest BCUT2D eigenvalue weighted by atomic mass is 9.89. The first-order valence-corrected chi connectivity index (χ1v) is 11.2. The Morgan fingerprint density at radius 2 is 1.69 bits per heavy atom. The van der Waals surface area contributed by atoms with E-state index < -0.39 is 23.8 Å². The van der Waals surface area contributed by atoms with E-state index in [4.69, 9.17) is 16.7 Å². The van der Waals surface area contributed by atoms with Gasteiger partial charge in [0.1, 0.15) is 5.92 Å². The summed E-state index contributed by atoms with van der Waals surface area (Å²) in [5.74, 6) is -4.98. The highest BCUT2D eigenvalue weighted by molar-refractivity contribution is 6.30. The van der Waals surface area contributed by atoms with Gasteiger partial charge < -0.3 is 20.2 Å². The van der Waals surface area contributed by atoms with Gasteiger partial charge in [0, 0.05) is 61.9 Å². The summed E-state index contributed by atoms with van der Waals surface area (Å²) in [6, 6.07) is 7.34. The Bertz CT molecular complexity index is 890. The predicted octanol–water partition coefficient (Wildman–Crippen LogP) is 3.04. The molecule has 174 valence electrons. The maximum atomic E-state index is 13.2. The fourth-order valence-electron chi connectivity index (χ4n) is 4.87. The van der Waals surface area contributed by atoms with E-state index in [0.29, 0.717) is 44.0 Å². The third-order valence-corrected chi connectivity index (χ3v) is 7.10. The smallest absolute Gasteiger partial charge is 0.404 e. The summed E-state index contributed by atoms with van der Waals surface area (Å²) in [6.45, 7) is 1.75. The van der Waals surface area contributed by atoms with E-state index in [9.17, 15) is 23.2 Å². The summed E-state index contributed by atoms with van der Waals surface area (Å²) < 4.78 is 26.4. The van der Waals surface area contributed by atoms with Gasteiger partial charge in [0.05, 0.1) is 0 Å². The quantitative estimate of drug-likeness (QED) is 0.693. The standard InChI is InChI=1S/C22H26ClF2N3O4/c23-16-3-1-13(2-4-16)17-12-28(11-15(17)10-26-21(31)32)19(29)14-5-7-27(8-6-14)20(30)18-9-22(18,24)25/h1-4,14-15,17-18,26H,5-12H2,(H,31,32)/t15-,17-,18?/m0/s1. The van der Waals surface area contributed by atoms with E-state index in [-0.39, 0.29) is 36.6 Å². The molecule has 2 saturated heterocycles. The van der Waals surface area contributed by atoms with Crippen molar-refractivity contribution < 1.29 is 28.3 Å². The van der Waals surface area contributed by atoms with Crippen LogP contribution in [0.2, 0.25) is 5.02 Å². The number of alkyl halides is 2. The zero-order chi connectivity index (χ0) is 23.0. The van der Waals surface area contributed by atoms with Crippen molar-refractivity contribution >= 4 is 29.5 Å². The van der Waals surface area contributed by atoms with Crippen LogP contribution in [0.1, 0.15) is 30.7 Å². The largest absolute Gasteiger partial charge is 0.465 e. The molecule has 32 heavy (non-hydrogen) atoms. The number of carboxylic acid groups (broad SMARTS) is 1. The molecule has 4 rings (SSSR count). The maximum Gasteiger partial charge on any atom is 0.404 e. The van der Waals surface area contributed by atoms with Gasteiger partial charge >= 0.3 is 6.09 Å². The van der Waals surface area contributed by atoms with Crippen LogP contribution < -0.4 is 5.32 Å². The minimum Gasteiger partial charge on any atom is -0.465 e. The Labute approximate surface area is 189 Å². The van der Waals surface area contributed by atoms with Gasteiger partial charge in [-0.05, 0) is 30.5 Å². The van der Waals surface area contributed by atoms with Crippen LogP contribution in [-0.2, 0) is 9.59 Å². The number of piperidine rings is 1. The molecule has 0 bridgehead atoms. The first-order chi connectivity index (χ1) is 15.2. The molecule has 2 N–H and O–H groups in total. The van der Waals surface area contributed by atoms with Crippen molar-refractivity contribution in [3.8, 4) is 0 Å². The Balaban J connectivity index is 1.37. The third kappa shape index (κ3) is 4.82. The number of benzene rings is 1. The van der Waals surface area contributed by atoms with Crippen molar-refractivity contribution in [2.75, 3.05) is 32.7 Å². The zero-order valence-corrected chi connectivity index (χ0v) is 18.2. The van der Waals surface area contributed by atoms with Crippen LogP contribution in [0.15, 0.2) is 24.3 Å². The van der Waals surface area contributed by atoms with E-state index in [2.05, 4.69) is 5.32 Å². The van der Waals surface area contributed by atoms with Crippen LogP contribution in [0.3, 0.4) is 0 Å².